The maximum atomic E-state index is 11.4. The number of rotatable bonds is 3. The van der Waals surface area contributed by atoms with E-state index in [1.54, 1.807) is 12.1 Å². The van der Waals surface area contributed by atoms with Crippen LogP contribution in [0.3, 0.4) is 0 Å². The summed E-state index contributed by atoms with van der Waals surface area (Å²) < 4.78 is 22.9. The van der Waals surface area contributed by atoms with Gasteiger partial charge in [-0.1, -0.05) is 44.2 Å². The molecule has 2 aromatic rings. The number of hydrogen-bond donors (Lipinski definition) is 0. The monoisotopic (exact) mass is 308 g/mol. The molecule has 0 amide bonds. The first-order chi connectivity index (χ1) is 9.29. The lowest BCUT2D eigenvalue weighted by atomic mass is 9.96. The van der Waals surface area contributed by atoms with Crippen molar-refractivity contribution in [2.75, 3.05) is 0 Å². The molecular weight excluding hydrogens is 292 g/mol. The fourth-order valence-electron chi connectivity index (χ4n) is 2.11. The normalized spacial score (nSPS) is 11.8. The van der Waals surface area contributed by atoms with E-state index in [0.717, 1.165) is 16.7 Å². The molecule has 0 fully saturated rings. The van der Waals surface area contributed by atoms with Gasteiger partial charge in [0.2, 0.25) is 0 Å². The molecule has 2 aromatic carbocycles. The van der Waals surface area contributed by atoms with Gasteiger partial charge in [-0.2, -0.15) is 0 Å². The van der Waals surface area contributed by atoms with Crippen molar-refractivity contribution in [1.82, 2.24) is 0 Å². The second-order valence-corrected chi connectivity index (χ2v) is 7.76. The van der Waals surface area contributed by atoms with E-state index in [1.165, 1.54) is 11.6 Å². The smallest absolute Gasteiger partial charge is 0.207 e. The molecule has 0 saturated carbocycles. The summed E-state index contributed by atoms with van der Waals surface area (Å²) in [6.45, 7) is 6.23. The molecule has 2 rings (SSSR count). The molecule has 0 atom stereocenters. The topological polar surface area (TPSA) is 34.1 Å². The summed E-state index contributed by atoms with van der Waals surface area (Å²) in [6, 6.07) is 13.1. The molecule has 0 aliphatic heterocycles. The summed E-state index contributed by atoms with van der Waals surface area (Å²) in [5, 5.41) is 0. The minimum Gasteiger partial charge on any atom is -0.207 e. The second kappa shape index (κ2) is 5.58. The second-order valence-electron chi connectivity index (χ2n) is 5.19. The van der Waals surface area contributed by atoms with Crippen molar-refractivity contribution in [3.8, 4) is 11.1 Å². The van der Waals surface area contributed by atoms with Crippen molar-refractivity contribution in [3.63, 3.8) is 0 Å². The molecule has 0 spiro atoms. The van der Waals surface area contributed by atoms with Crippen LogP contribution < -0.4 is 0 Å². The van der Waals surface area contributed by atoms with Crippen molar-refractivity contribution in [3.05, 3.63) is 53.6 Å². The molecule has 0 bridgehead atoms. The summed E-state index contributed by atoms with van der Waals surface area (Å²) in [5.74, 6) is 0.472. The van der Waals surface area contributed by atoms with E-state index >= 15 is 0 Å². The summed E-state index contributed by atoms with van der Waals surface area (Å²) in [7, 11) is 1.71. The first-order valence-corrected chi connectivity index (χ1v) is 8.75. The molecular formula is C16H17ClO2S. The van der Waals surface area contributed by atoms with Crippen LogP contribution in [0.25, 0.3) is 11.1 Å². The number of aryl methyl sites for hydroxylation is 1. The van der Waals surface area contributed by atoms with Gasteiger partial charge in [-0.3, -0.25) is 0 Å². The van der Waals surface area contributed by atoms with Crippen molar-refractivity contribution in [2.24, 2.45) is 0 Å². The van der Waals surface area contributed by atoms with Crippen molar-refractivity contribution in [2.45, 2.75) is 31.6 Å². The van der Waals surface area contributed by atoms with E-state index < -0.39 is 9.05 Å². The zero-order valence-corrected chi connectivity index (χ0v) is 13.3. The molecule has 0 aromatic heterocycles. The molecule has 2 nitrogen and oxygen atoms in total. The quantitative estimate of drug-likeness (QED) is 0.769. The van der Waals surface area contributed by atoms with Crippen LogP contribution >= 0.6 is 10.7 Å². The fraction of sp³-hybridized carbons (Fsp3) is 0.250. The van der Waals surface area contributed by atoms with Crippen LogP contribution in [-0.2, 0) is 9.05 Å². The van der Waals surface area contributed by atoms with Crippen molar-refractivity contribution in [1.29, 1.82) is 0 Å². The first-order valence-electron chi connectivity index (χ1n) is 6.44. The minimum atomic E-state index is -3.70. The Kier molecular flexibility index (Phi) is 4.21. The van der Waals surface area contributed by atoms with Gasteiger partial charge >= 0.3 is 0 Å². The van der Waals surface area contributed by atoms with Gasteiger partial charge < -0.3 is 0 Å². The Labute approximate surface area is 124 Å². The highest BCUT2D eigenvalue weighted by molar-refractivity contribution is 8.13. The standard InChI is InChI=1S/C16H17ClO2S/c1-11(2)13-5-7-14(8-6-13)16-10-15(20(17,18)19)9-4-12(16)3/h4-11H,1-3H3. The van der Waals surface area contributed by atoms with E-state index in [0.29, 0.717) is 5.92 Å². The van der Waals surface area contributed by atoms with E-state index in [1.807, 2.05) is 19.1 Å². The summed E-state index contributed by atoms with van der Waals surface area (Å²) in [5.41, 5.74) is 4.16. The third-order valence-corrected chi connectivity index (χ3v) is 4.73. The maximum absolute atomic E-state index is 11.4. The summed E-state index contributed by atoms with van der Waals surface area (Å²) in [6.07, 6.45) is 0. The number of benzene rings is 2. The Morgan fingerprint density at radius 1 is 1.00 bits per heavy atom. The maximum Gasteiger partial charge on any atom is 0.261 e. The first kappa shape index (κ1) is 15.1. The highest BCUT2D eigenvalue weighted by atomic mass is 35.7. The Bertz CT molecular complexity index is 717. The Hall–Kier alpha value is -1.32. The average Bonchev–Trinajstić information content (AvgIpc) is 2.38. The predicted octanol–water partition coefficient (Wildman–Crippen LogP) is 4.71. The highest BCUT2D eigenvalue weighted by Crippen LogP contribution is 2.28. The van der Waals surface area contributed by atoms with Crippen LogP contribution in [-0.4, -0.2) is 8.42 Å². The Morgan fingerprint density at radius 2 is 1.60 bits per heavy atom. The van der Waals surface area contributed by atoms with Crippen molar-refractivity contribution < 1.29 is 8.42 Å². The van der Waals surface area contributed by atoms with Crippen molar-refractivity contribution >= 4 is 19.7 Å². The van der Waals surface area contributed by atoms with E-state index in [2.05, 4.69) is 26.0 Å². The van der Waals surface area contributed by atoms with Gasteiger partial charge in [-0.15, -0.1) is 0 Å². The molecule has 0 heterocycles. The largest absolute Gasteiger partial charge is 0.261 e. The van der Waals surface area contributed by atoms with Gasteiger partial charge in [-0.25, -0.2) is 8.42 Å². The van der Waals surface area contributed by atoms with E-state index in [4.69, 9.17) is 10.7 Å². The lowest BCUT2D eigenvalue weighted by molar-refractivity contribution is 0.609. The van der Waals surface area contributed by atoms with Gasteiger partial charge in [0.25, 0.3) is 9.05 Å². The minimum absolute atomic E-state index is 0.132. The van der Waals surface area contributed by atoms with Crippen LogP contribution in [0, 0.1) is 6.92 Å². The van der Waals surface area contributed by atoms with Crippen LogP contribution in [0.5, 0.6) is 0 Å². The summed E-state index contributed by atoms with van der Waals surface area (Å²) in [4.78, 5) is 0.132. The molecule has 0 unspecified atom stereocenters. The van der Waals surface area contributed by atoms with Crippen LogP contribution in [0.2, 0.25) is 0 Å². The third-order valence-electron chi connectivity index (χ3n) is 3.38. The van der Waals surface area contributed by atoms with Gasteiger partial charge in [-0.05, 0) is 47.2 Å². The molecule has 0 N–H and O–H groups in total. The van der Waals surface area contributed by atoms with E-state index in [9.17, 15) is 8.42 Å². The fourth-order valence-corrected chi connectivity index (χ4v) is 2.89. The average molecular weight is 309 g/mol. The molecule has 4 heteroatoms. The molecule has 0 radical (unpaired) electrons. The lowest BCUT2D eigenvalue weighted by Gasteiger charge is -2.10. The predicted molar refractivity (Wildman–Crippen MR) is 83.7 cm³/mol. The Morgan fingerprint density at radius 3 is 2.10 bits per heavy atom. The van der Waals surface area contributed by atoms with Crippen LogP contribution in [0.4, 0.5) is 0 Å². The third kappa shape index (κ3) is 3.22. The number of hydrogen-bond acceptors (Lipinski definition) is 2. The van der Waals surface area contributed by atoms with Gasteiger partial charge in [0.05, 0.1) is 4.90 Å². The van der Waals surface area contributed by atoms with Gasteiger partial charge in [0.1, 0.15) is 0 Å². The summed E-state index contributed by atoms with van der Waals surface area (Å²) >= 11 is 0. The van der Waals surface area contributed by atoms with Crippen LogP contribution in [0.1, 0.15) is 30.9 Å². The molecule has 0 aliphatic carbocycles. The van der Waals surface area contributed by atoms with Gasteiger partial charge in [0.15, 0.2) is 0 Å². The number of halogens is 1. The zero-order valence-electron chi connectivity index (χ0n) is 11.7. The Balaban J connectivity index is 2.52. The van der Waals surface area contributed by atoms with E-state index in [-0.39, 0.29) is 4.90 Å². The van der Waals surface area contributed by atoms with Crippen LogP contribution in [0.15, 0.2) is 47.4 Å². The SMILES string of the molecule is Cc1ccc(S(=O)(=O)Cl)cc1-c1ccc(C(C)C)cc1. The highest BCUT2D eigenvalue weighted by Gasteiger charge is 2.12. The molecule has 20 heavy (non-hydrogen) atoms. The molecule has 0 aliphatic rings. The van der Waals surface area contributed by atoms with Gasteiger partial charge in [0, 0.05) is 10.7 Å². The molecule has 0 saturated heterocycles. The molecule has 106 valence electrons. The zero-order chi connectivity index (χ0) is 14.9. The lowest BCUT2D eigenvalue weighted by Crippen LogP contribution is -1.93.